The second-order valence-corrected chi connectivity index (χ2v) is 5.19. The SMILES string of the molecule is NCc1ccc(F)cc1CN1CCC(OCCO)CC1. The summed E-state index contributed by atoms with van der Waals surface area (Å²) in [6, 6.07) is 4.80. The van der Waals surface area contributed by atoms with Crippen LogP contribution >= 0.6 is 0 Å². The van der Waals surface area contributed by atoms with Crippen LogP contribution in [0.4, 0.5) is 4.39 Å². The summed E-state index contributed by atoms with van der Waals surface area (Å²) in [6.45, 7) is 3.51. The Morgan fingerprint density at radius 1 is 1.30 bits per heavy atom. The van der Waals surface area contributed by atoms with Gasteiger partial charge in [0, 0.05) is 26.2 Å². The summed E-state index contributed by atoms with van der Waals surface area (Å²) >= 11 is 0. The summed E-state index contributed by atoms with van der Waals surface area (Å²) in [4.78, 5) is 2.30. The Kier molecular flexibility index (Phi) is 5.91. The molecule has 0 bridgehead atoms. The van der Waals surface area contributed by atoms with E-state index in [-0.39, 0.29) is 18.5 Å². The average Bonchev–Trinajstić information content (AvgIpc) is 2.47. The molecule has 0 saturated carbocycles. The van der Waals surface area contributed by atoms with Crippen molar-refractivity contribution in [2.75, 3.05) is 26.3 Å². The molecule has 1 aromatic rings. The smallest absolute Gasteiger partial charge is 0.123 e. The van der Waals surface area contributed by atoms with E-state index in [4.69, 9.17) is 15.6 Å². The molecule has 1 heterocycles. The van der Waals surface area contributed by atoms with Gasteiger partial charge in [0.15, 0.2) is 0 Å². The Hall–Kier alpha value is -1.01. The van der Waals surface area contributed by atoms with E-state index in [1.807, 2.05) is 0 Å². The van der Waals surface area contributed by atoms with Gasteiger partial charge < -0.3 is 15.6 Å². The van der Waals surface area contributed by atoms with Gasteiger partial charge in [-0.3, -0.25) is 4.90 Å². The summed E-state index contributed by atoms with van der Waals surface area (Å²) < 4.78 is 18.9. The van der Waals surface area contributed by atoms with Gasteiger partial charge in [-0.25, -0.2) is 4.39 Å². The first kappa shape index (κ1) is 15.4. The average molecular weight is 282 g/mol. The van der Waals surface area contributed by atoms with Gasteiger partial charge in [0.05, 0.1) is 19.3 Å². The van der Waals surface area contributed by atoms with Crippen LogP contribution in [0.5, 0.6) is 0 Å². The first-order chi connectivity index (χ1) is 9.72. The fraction of sp³-hybridized carbons (Fsp3) is 0.600. The molecule has 1 aliphatic heterocycles. The Morgan fingerprint density at radius 2 is 2.05 bits per heavy atom. The molecule has 1 aromatic carbocycles. The van der Waals surface area contributed by atoms with E-state index in [0.29, 0.717) is 13.2 Å². The third kappa shape index (κ3) is 4.24. The van der Waals surface area contributed by atoms with Crippen LogP contribution in [0, 0.1) is 5.82 Å². The fourth-order valence-electron chi connectivity index (χ4n) is 2.64. The van der Waals surface area contributed by atoms with Gasteiger partial charge in [-0.15, -0.1) is 0 Å². The topological polar surface area (TPSA) is 58.7 Å². The molecule has 1 fully saturated rings. The second-order valence-electron chi connectivity index (χ2n) is 5.19. The van der Waals surface area contributed by atoms with Crippen molar-refractivity contribution in [1.82, 2.24) is 4.90 Å². The number of hydrogen-bond donors (Lipinski definition) is 2. The number of halogens is 1. The van der Waals surface area contributed by atoms with Gasteiger partial charge in [0.25, 0.3) is 0 Å². The summed E-state index contributed by atoms with van der Waals surface area (Å²) in [7, 11) is 0. The van der Waals surface area contributed by atoms with Gasteiger partial charge in [0.1, 0.15) is 5.82 Å². The molecule has 0 aliphatic carbocycles. The molecule has 112 valence electrons. The van der Waals surface area contributed by atoms with Crippen molar-refractivity contribution in [3.05, 3.63) is 35.1 Å². The molecule has 0 aromatic heterocycles. The van der Waals surface area contributed by atoms with E-state index in [2.05, 4.69) is 4.90 Å². The molecule has 2 rings (SSSR count). The molecule has 4 nitrogen and oxygen atoms in total. The number of benzene rings is 1. The second kappa shape index (κ2) is 7.69. The van der Waals surface area contributed by atoms with Crippen molar-refractivity contribution >= 4 is 0 Å². The molecule has 0 atom stereocenters. The van der Waals surface area contributed by atoms with E-state index in [9.17, 15) is 4.39 Å². The fourth-order valence-corrected chi connectivity index (χ4v) is 2.64. The lowest BCUT2D eigenvalue weighted by Crippen LogP contribution is -2.37. The van der Waals surface area contributed by atoms with E-state index < -0.39 is 0 Å². The Bertz CT molecular complexity index is 420. The zero-order chi connectivity index (χ0) is 14.4. The van der Waals surface area contributed by atoms with Crippen LogP contribution in [0.1, 0.15) is 24.0 Å². The molecule has 0 radical (unpaired) electrons. The number of aliphatic hydroxyl groups is 1. The highest BCUT2D eigenvalue weighted by molar-refractivity contribution is 5.27. The van der Waals surface area contributed by atoms with Crippen molar-refractivity contribution in [1.29, 1.82) is 0 Å². The number of nitrogens with two attached hydrogens (primary N) is 1. The maximum Gasteiger partial charge on any atom is 0.123 e. The minimum atomic E-state index is -0.210. The highest BCUT2D eigenvalue weighted by Gasteiger charge is 2.20. The maximum atomic E-state index is 13.3. The van der Waals surface area contributed by atoms with Crippen molar-refractivity contribution < 1.29 is 14.2 Å². The number of likely N-dealkylation sites (tertiary alicyclic amines) is 1. The standard InChI is InChI=1S/C15H23FN2O2/c16-14-2-1-12(10-17)13(9-14)11-18-5-3-15(4-6-18)20-8-7-19/h1-2,9,15,19H,3-8,10-11,17H2. The first-order valence-electron chi connectivity index (χ1n) is 7.15. The number of ether oxygens (including phenoxy) is 1. The lowest BCUT2D eigenvalue weighted by atomic mass is 10.0. The Balaban J connectivity index is 1.87. The summed E-state index contributed by atoms with van der Waals surface area (Å²) in [5.41, 5.74) is 7.68. The number of piperidine rings is 1. The zero-order valence-corrected chi connectivity index (χ0v) is 11.7. The van der Waals surface area contributed by atoms with Crippen molar-refractivity contribution in [2.45, 2.75) is 32.0 Å². The lowest BCUT2D eigenvalue weighted by molar-refractivity contribution is -0.00905. The quantitative estimate of drug-likeness (QED) is 0.824. The normalized spacial score (nSPS) is 17.6. The monoisotopic (exact) mass is 282 g/mol. The number of hydrogen-bond acceptors (Lipinski definition) is 4. The highest BCUT2D eigenvalue weighted by atomic mass is 19.1. The lowest BCUT2D eigenvalue weighted by Gasteiger charge is -2.32. The Labute approximate surface area is 119 Å². The predicted molar refractivity (Wildman–Crippen MR) is 75.6 cm³/mol. The third-order valence-corrected chi connectivity index (χ3v) is 3.76. The minimum Gasteiger partial charge on any atom is -0.394 e. The van der Waals surface area contributed by atoms with Crippen LogP contribution in [-0.4, -0.2) is 42.4 Å². The zero-order valence-electron chi connectivity index (χ0n) is 11.7. The van der Waals surface area contributed by atoms with Crippen molar-refractivity contribution in [3.8, 4) is 0 Å². The molecule has 1 saturated heterocycles. The minimum absolute atomic E-state index is 0.0728. The van der Waals surface area contributed by atoms with E-state index in [0.717, 1.165) is 43.6 Å². The van der Waals surface area contributed by atoms with Gasteiger partial charge in [-0.05, 0) is 36.1 Å². The van der Waals surface area contributed by atoms with E-state index in [1.54, 1.807) is 12.1 Å². The summed E-state index contributed by atoms with van der Waals surface area (Å²) in [5, 5.41) is 8.74. The van der Waals surface area contributed by atoms with Crippen LogP contribution in [0.2, 0.25) is 0 Å². The van der Waals surface area contributed by atoms with Crippen molar-refractivity contribution in [2.24, 2.45) is 5.73 Å². The summed E-state index contributed by atoms with van der Waals surface area (Å²) in [5.74, 6) is -0.210. The number of nitrogens with zero attached hydrogens (tertiary/aromatic N) is 1. The van der Waals surface area contributed by atoms with Crippen LogP contribution in [0.15, 0.2) is 18.2 Å². The first-order valence-corrected chi connectivity index (χ1v) is 7.15. The molecule has 0 spiro atoms. The molecular weight excluding hydrogens is 259 g/mol. The Morgan fingerprint density at radius 3 is 2.70 bits per heavy atom. The number of rotatable bonds is 6. The van der Waals surface area contributed by atoms with Gasteiger partial charge in [0.2, 0.25) is 0 Å². The van der Waals surface area contributed by atoms with Crippen LogP contribution in [0.3, 0.4) is 0 Å². The van der Waals surface area contributed by atoms with Crippen LogP contribution in [0.25, 0.3) is 0 Å². The third-order valence-electron chi connectivity index (χ3n) is 3.76. The molecule has 3 N–H and O–H groups in total. The van der Waals surface area contributed by atoms with E-state index in [1.165, 1.54) is 6.07 Å². The van der Waals surface area contributed by atoms with E-state index >= 15 is 0 Å². The molecular formula is C15H23FN2O2. The van der Waals surface area contributed by atoms with Gasteiger partial charge >= 0.3 is 0 Å². The molecule has 20 heavy (non-hydrogen) atoms. The largest absolute Gasteiger partial charge is 0.394 e. The van der Waals surface area contributed by atoms with Crippen LogP contribution in [-0.2, 0) is 17.8 Å². The van der Waals surface area contributed by atoms with Gasteiger partial charge in [-0.1, -0.05) is 6.07 Å². The molecule has 1 aliphatic rings. The maximum absolute atomic E-state index is 13.3. The van der Waals surface area contributed by atoms with Gasteiger partial charge in [-0.2, -0.15) is 0 Å². The predicted octanol–water partition coefficient (Wildman–Crippen LogP) is 1.26. The van der Waals surface area contributed by atoms with Crippen LogP contribution < -0.4 is 5.73 Å². The summed E-state index contributed by atoms with van der Waals surface area (Å²) in [6.07, 6.45) is 2.14. The number of aliphatic hydroxyl groups excluding tert-OH is 1. The molecule has 0 unspecified atom stereocenters. The molecule has 5 heteroatoms. The van der Waals surface area contributed by atoms with Crippen molar-refractivity contribution in [3.63, 3.8) is 0 Å². The molecule has 0 amide bonds. The highest BCUT2D eigenvalue weighted by Crippen LogP contribution is 2.19.